The van der Waals surface area contributed by atoms with Crippen molar-refractivity contribution in [3.63, 3.8) is 0 Å². The highest BCUT2D eigenvalue weighted by atomic mass is 35.5. The molecule has 0 spiro atoms. The summed E-state index contributed by atoms with van der Waals surface area (Å²) in [7, 11) is 0. The zero-order valence-electron chi connectivity index (χ0n) is 46.7. The van der Waals surface area contributed by atoms with Crippen molar-refractivity contribution in [2.24, 2.45) is 5.11 Å². The summed E-state index contributed by atoms with van der Waals surface area (Å²) >= 11 is 6.38. The number of nitrogen functional groups attached to an aromatic ring is 1. The average molecular weight is 1250 g/mol. The van der Waals surface area contributed by atoms with Crippen molar-refractivity contribution in [3.8, 4) is 18.2 Å². The molecule has 470 valence electrons. The van der Waals surface area contributed by atoms with Gasteiger partial charge in [0.2, 0.25) is 11.8 Å². The van der Waals surface area contributed by atoms with E-state index in [4.69, 9.17) is 58.1 Å². The van der Waals surface area contributed by atoms with Crippen LogP contribution in [0.25, 0.3) is 43.9 Å². The number of ether oxygens (including phenoxy) is 5. The number of fused-ring (bicyclic) bond motifs is 3. The first-order chi connectivity index (χ1) is 41.1. The molecule has 11 heterocycles. The third kappa shape index (κ3) is 11.9. The number of anilines is 1. The van der Waals surface area contributed by atoms with E-state index in [0.717, 1.165) is 0 Å². The number of amides is 1. The van der Waals surface area contributed by atoms with E-state index in [9.17, 15) is 64.7 Å². The molecule has 38 heteroatoms. The molecule has 0 bridgehead atoms. The summed E-state index contributed by atoms with van der Waals surface area (Å²) in [5.74, 6) is 2.90. The fourth-order valence-corrected chi connectivity index (χ4v) is 10.3. The molecule has 6 aromatic heterocycles. The predicted molar refractivity (Wildman–Crippen MR) is 294 cm³/mol. The Hall–Kier alpha value is -7.87. The van der Waals surface area contributed by atoms with Crippen LogP contribution in [0.5, 0.6) is 5.88 Å². The van der Waals surface area contributed by atoms with Crippen LogP contribution in [0, 0.1) is 26.2 Å². The SMILES string of the molecule is C#C[C@@]1(O)[C@H](O)[C@@H](CO)O[C@H]1n1cnc2c(=O)[nH]c(N)nc21.C=C1NC(=O)C=CN1[C@@H]1O[C@H](CO)[C@@H](O)[C@@]1(C)O.CCOc1nc(C)nc2c1ncn2[C@@H]1O[C@@](CO)(CN=[N+]=[N-])[C@@H](O)[C@H]1F.Cc1nc2c(ncn2[C@@H]2O[C@H](CO)[C@@H](O)[C@@]2(C)Cl)c(=O)[nH]1. The molecule has 0 aliphatic carbocycles. The van der Waals surface area contributed by atoms with Gasteiger partial charge in [0.05, 0.1) is 58.6 Å². The first-order valence-electron chi connectivity index (χ1n) is 26.2. The molecule has 87 heavy (non-hydrogen) atoms. The summed E-state index contributed by atoms with van der Waals surface area (Å²) in [6.45, 7) is 9.62. The Morgan fingerprint density at radius 2 is 1.38 bits per heavy atom. The number of nitrogens with two attached hydrogens (primary N) is 1. The number of aromatic amines is 2. The van der Waals surface area contributed by atoms with Crippen molar-refractivity contribution in [2.75, 3.05) is 45.3 Å². The third-order valence-corrected chi connectivity index (χ3v) is 15.1. The van der Waals surface area contributed by atoms with Gasteiger partial charge in [-0.1, -0.05) is 17.6 Å². The molecule has 5 aliphatic rings. The number of H-pyrrole nitrogens is 2. The molecule has 6 aromatic rings. The number of hydrogen-bond acceptors (Lipinski definition) is 28. The summed E-state index contributed by atoms with van der Waals surface area (Å²) < 4.78 is 46.2. The first kappa shape index (κ1) is 65.1. The first-order valence-corrected chi connectivity index (χ1v) is 26.5. The number of aryl methyl sites for hydroxylation is 2. The van der Waals surface area contributed by atoms with Gasteiger partial charge in [0.25, 0.3) is 17.0 Å². The minimum absolute atomic E-state index is 0.0286. The van der Waals surface area contributed by atoms with Crippen LogP contribution in [-0.4, -0.2) is 237 Å². The predicted octanol–water partition coefficient (Wildman–Crippen LogP) is -3.97. The Kier molecular flexibility index (Phi) is 19.1. The lowest BCUT2D eigenvalue weighted by atomic mass is 9.95. The second-order valence-corrected chi connectivity index (χ2v) is 21.4. The number of terminal acetylenes is 1. The minimum atomic E-state index is -2.12. The molecule has 11 rings (SSSR count). The number of aliphatic hydroxyl groups excluding tert-OH is 8. The van der Waals surface area contributed by atoms with Crippen molar-refractivity contribution in [3.05, 3.63) is 86.5 Å². The maximum Gasteiger partial charge on any atom is 0.280 e. The molecular formula is C49H62ClFN18O18. The van der Waals surface area contributed by atoms with E-state index in [1.54, 1.807) is 27.7 Å². The smallest absolute Gasteiger partial charge is 0.280 e. The highest BCUT2D eigenvalue weighted by Crippen LogP contribution is 2.45. The summed E-state index contributed by atoms with van der Waals surface area (Å²) in [6.07, 6.45) is -2.70. The largest absolute Gasteiger partial charge is 0.476 e. The molecule has 4 saturated heterocycles. The number of aliphatic hydroxyl groups is 10. The number of halogens is 2. The van der Waals surface area contributed by atoms with Crippen molar-refractivity contribution in [1.29, 1.82) is 0 Å². The van der Waals surface area contributed by atoms with Gasteiger partial charge >= 0.3 is 0 Å². The van der Waals surface area contributed by atoms with Crippen LogP contribution in [0.1, 0.15) is 51.1 Å². The Balaban J connectivity index is 0.000000152. The van der Waals surface area contributed by atoms with Crippen LogP contribution in [0.15, 0.2) is 58.4 Å². The zero-order chi connectivity index (χ0) is 63.8. The Bertz CT molecular complexity index is 3770. The number of imidazole rings is 3. The normalized spacial score (nSPS) is 32.7. The van der Waals surface area contributed by atoms with Gasteiger partial charge < -0.3 is 95.7 Å². The maximum absolute atomic E-state index is 14.8. The van der Waals surface area contributed by atoms with E-state index in [1.165, 1.54) is 56.8 Å². The van der Waals surface area contributed by atoms with Crippen LogP contribution in [0.2, 0.25) is 0 Å². The lowest BCUT2D eigenvalue weighted by Gasteiger charge is -2.37. The zero-order valence-corrected chi connectivity index (χ0v) is 47.4. The fraction of sp³-hybridized carbons (Fsp3) is 0.551. The van der Waals surface area contributed by atoms with Crippen LogP contribution in [0.4, 0.5) is 10.3 Å². The molecule has 1 amide bonds. The van der Waals surface area contributed by atoms with E-state index >= 15 is 0 Å². The molecular weight excluding hydrogens is 1180 g/mol. The molecule has 36 nitrogen and oxygen atoms in total. The van der Waals surface area contributed by atoms with E-state index < -0.39 is 127 Å². The highest BCUT2D eigenvalue weighted by Gasteiger charge is 2.58. The number of nitrogens with one attached hydrogen (secondary N) is 3. The molecule has 0 saturated carbocycles. The topological polar surface area (TPSA) is 526 Å². The van der Waals surface area contributed by atoms with Crippen LogP contribution in [0.3, 0.4) is 0 Å². The average Bonchev–Trinajstić information content (AvgIpc) is 1.69. The summed E-state index contributed by atoms with van der Waals surface area (Å²) in [6, 6.07) is 0. The van der Waals surface area contributed by atoms with Gasteiger partial charge in [0.1, 0.15) is 76.3 Å². The number of hydrogen-bond donors (Lipinski definition) is 14. The summed E-state index contributed by atoms with van der Waals surface area (Å²) in [5, 5.41) is 104. The number of carbonyl (C=O) groups is 1. The van der Waals surface area contributed by atoms with Crippen molar-refractivity contribution >= 4 is 56.9 Å². The number of rotatable bonds is 12. The lowest BCUT2D eigenvalue weighted by Crippen LogP contribution is -2.53. The van der Waals surface area contributed by atoms with E-state index in [-0.39, 0.29) is 58.1 Å². The summed E-state index contributed by atoms with van der Waals surface area (Å²) in [4.78, 5) is 71.0. The molecule has 16 atom stereocenters. The number of nitrogens with zero attached hydrogens (tertiary/aromatic N) is 14. The third-order valence-electron chi connectivity index (χ3n) is 14.6. The molecule has 0 radical (unpaired) electrons. The minimum Gasteiger partial charge on any atom is -0.476 e. The molecule has 4 fully saturated rings. The van der Waals surface area contributed by atoms with Crippen LogP contribution < -0.4 is 26.9 Å². The van der Waals surface area contributed by atoms with Gasteiger partial charge in [-0.2, -0.15) is 9.97 Å². The number of azide groups is 1. The maximum atomic E-state index is 14.8. The number of aromatic nitrogens is 12. The summed E-state index contributed by atoms with van der Waals surface area (Å²) in [5.41, 5.74) is 8.66. The van der Waals surface area contributed by atoms with Gasteiger partial charge in [-0.3, -0.25) is 33.1 Å². The highest BCUT2D eigenvalue weighted by molar-refractivity contribution is 6.24. The van der Waals surface area contributed by atoms with Crippen molar-refractivity contribution in [2.45, 2.75) is 130 Å². The van der Waals surface area contributed by atoms with Gasteiger partial charge in [-0.05, 0) is 40.1 Å². The van der Waals surface area contributed by atoms with E-state index in [0.29, 0.717) is 29.4 Å². The van der Waals surface area contributed by atoms with Crippen LogP contribution >= 0.6 is 11.6 Å². The van der Waals surface area contributed by atoms with Gasteiger partial charge in [0.15, 0.2) is 70.2 Å². The number of carbonyl (C=O) groups excluding carboxylic acids is 1. The second kappa shape index (κ2) is 25.5. The van der Waals surface area contributed by atoms with Gasteiger partial charge in [-0.25, -0.2) is 29.3 Å². The fourth-order valence-electron chi connectivity index (χ4n) is 10.0. The molecule has 0 unspecified atom stereocenters. The number of alkyl halides is 2. The molecule has 5 aliphatic heterocycles. The van der Waals surface area contributed by atoms with Gasteiger partial charge in [-0.15, -0.1) is 18.0 Å². The lowest BCUT2D eigenvalue weighted by molar-refractivity contribution is -0.124. The van der Waals surface area contributed by atoms with E-state index in [2.05, 4.69) is 72.7 Å². The van der Waals surface area contributed by atoms with Crippen molar-refractivity contribution < 1.29 is 83.9 Å². The second-order valence-electron chi connectivity index (χ2n) is 20.6. The molecule has 0 aromatic carbocycles. The Labute approximate surface area is 493 Å². The monoisotopic (exact) mass is 1240 g/mol. The molecule has 15 N–H and O–H groups in total. The Morgan fingerprint density at radius 1 is 0.828 bits per heavy atom. The van der Waals surface area contributed by atoms with Crippen molar-refractivity contribution in [1.82, 2.24) is 68.8 Å². The quantitative estimate of drug-likeness (QED) is 0.0183. The standard InChI is InChI=1S/C14H18FN7O4.C12H15ClN4O4.C12H13N5O5.C11H16N2O5/c1-3-25-12-9-11(19-7(2)20-12)22(6-17-9)13-8(15)10(24)14(5-23,26-13)4-18-21-16;1-5-15-9-7(10(20)16-5)14-4-17(9)11-12(2,13)8(19)6(3-18)21-11;1-2-12(21)7(19)5(3-18)22-10(12)17-4-14-6-8(17)15-11(13)16-9(6)20;1-6-12-8(15)3-4-13(6)10-11(2,17)9(16)7(5-14)18-10/h6,8,10,13,23-24H,3-5H2,1-2H3;4,6,8,11,18-19H,3H2,1-2H3,(H,15,16,20);1,4-5,7,10,18-19,21H,3H2,(H3,13,15,16,20);3-4,7,9-10,14,16-17H,1,5H2,2H3,(H,12,15)/t8-,10+,13-,14-;6-,8-,11-,12-;5-,7-,10-,12-;7-,9-,10-,11-/m1111/s1. The van der Waals surface area contributed by atoms with Crippen LogP contribution in [-0.2, 0) is 23.7 Å². The van der Waals surface area contributed by atoms with E-state index in [1.807, 2.05) is 0 Å². The van der Waals surface area contributed by atoms with Gasteiger partial charge in [0, 0.05) is 17.2 Å². The Morgan fingerprint density at radius 3 is 1.95 bits per heavy atom.